The quantitative estimate of drug-likeness (QED) is 0.447. The summed E-state index contributed by atoms with van der Waals surface area (Å²) in [7, 11) is 1.41. The number of benzene rings is 4. The molecule has 0 aliphatic carbocycles. The van der Waals surface area contributed by atoms with Crippen LogP contribution in [0.4, 0.5) is 8.78 Å². The number of fused-ring (bicyclic) bond motifs is 1. The highest BCUT2D eigenvalue weighted by molar-refractivity contribution is 6.24. The van der Waals surface area contributed by atoms with Crippen LogP contribution in [0.15, 0.2) is 72.8 Å². The van der Waals surface area contributed by atoms with Crippen molar-refractivity contribution in [3.8, 4) is 11.5 Å². The SMILES string of the molecule is COc1ccc(C(=O)c2ccc(F)cc2)c2c(O)ccc(C(=O)c3ccc(F)cc3)c12. The smallest absolute Gasteiger partial charge is 0.193 e. The van der Waals surface area contributed by atoms with E-state index in [1.54, 1.807) is 0 Å². The van der Waals surface area contributed by atoms with E-state index >= 15 is 0 Å². The van der Waals surface area contributed by atoms with Gasteiger partial charge in [0.05, 0.1) is 7.11 Å². The summed E-state index contributed by atoms with van der Waals surface area (Å²) < 4.78 is 31.9. The number of methoxy groups -OCH3 is 1. The number of rotatable bonds is 5. The highest BCUT2D eigenvalue weighted by Gasteiger charge is 2.23. The Morgan fingerprint density at radius 2 is 1.13 bits per heavy atom. The molecule has 0 unspecified atom stereocenters. The summed E-state index contributed by atoms with van der Waals surface area (Å²) in [6, 6.07) is 15.9. The van der Waals surface area contributed by atoms with E-state index in [9.17, 15) is 23.5 Å². The highest BCUT2D eigenvalue weighted by Crippen LogP contribution is 2.39. The monoisotopic (exact) mass is 418 g/mol. The molecule has 6 heteroatoms. The molecule has 4 aromatic rings. The van der Waals surface area contributed by atoms with Crippen molar-refractivity contribution in [1.29, 1.82) is 0 Å². The van der Waals surface area contributed by atoms with Gasteiger partial charge in [0.25, 0.3) is 0 Å². The zero-order valence-electron chi connectivity index (χ0n) is 16.4. The Kier molecular flexibility index (Phi) is 5.21. The maximum atomic E-state index is 13.3. The van der Waals surface area contributed by atoms with Crippen LogP contribution < -0.4 is 4.74 Å². The minimum Gasteiger partial charge on any atom is -0.507 e. The van der Waals surface area contributed by atoms with E-state index in [1.807, 2.05) is 0 Å². The normalized spacial score (nSPS) is 10.8. The molecule has 154 valence electrons. The molecular formula is C25H16F2O4. The second-order valence-electron chi connectivity index (χ2n) is 6.87. The highest BCUT2D eigenvalue weighted by atomic mass is 19.1. The summed E-state index contributed by atoms with van der Waals surface area (Å²) >= 11 is 0. The minimum atomic E-state index is -0.480. The van der Waals surface area contributed by atoms with Crippen molar-refractivity contribution in [3.63, 3.8) is 0 Å². The first-order valence-electron chi connectivity index (χ1n) is 9.34. The Morgan fingerprint density at radius 1 is 0.677 bits per heavy atom. The number of ketones is 2. The maximum absolute atomic E-state index is 13.3. The fourth-order valence-corrected chi connectivity index (χ4v) is 3.51. The third kappa shape index (κ3) is 3.64. The third-order valence-electron chi connectivity index (χ3n) is 5.02. The van der Waals surface area contributed by atoms with Crippen molar-refractivity contribution >= 4 is 22.3 Å². The first-order chi connectivity index (χ1) is 14.9. The van der Waals surface area contributed by atoms with E-state index in [4.69, 9.17) is 4.74 Å². The van der Waals surface area contributed by atoms with Crippen molar-refractivity contribution in [2.24, 2.45) is 0 Å². The van der Waals surface area contributed by atoms with Crippen LogP contribution in [0, 0.1) is 11.6 Å². The summed E-state index contributed by atoms with van der Waals surface area (Å²) in [4.78, 5) is 26.3. The maximum Gasteiger partial charge on any atom is 0.193 e. The van der Waals surface area contributed by atoms with Crippen molar-refractivity contribution in [1.82, 2.24) is 0 Å². The van der Waals surface area contributed by atoms with Gasteiger partial charge in [-0.3, -0.25) is 9.59 Å². The van der Waals surface area contributed by atoms with Crippen LogP contribution in [0.5, 0.6) is 11.5 Å². The summed E-state index contributed by atoms with van der Waals surface area (Å²) in [5, 5.41) is 11.0. The molecule has 0 aromatic heterocycles. The van der Waals surface area contributed by atoms with Crippen molar-refractivity contribution in [3.05, 3.63) is 107 Å². The first-order valence-corrected chi connectivity index (χ1v) is 9.34. The topological polar surface area (TPSA) is 63.6 Å². The molecule has 4 aromatic carbocycles. The Bertz CT molecular complexity index is 1310. The molecular weight excluding hydrogens is 402 g/mol. The van der Waals surface area contributed by atoms with E-state index in [1.165, 1.54) is 79.9 Å². The predicted octanol–water partition coefficient (Wildman–Crippen LogP) is 5.29. The largest absolute Gasteiger partial charge is 0.507 e. The molecule has 0 saturated heterocycles. The lowest BCUT2D eigenvalue weighted by Crippen LogP contribution is -2.07. The number of aromatic hydroxyl groups is 1. The lowest BCUT2D eigenvalue weighted by atomic mass is 9.91. The molecule has 0 bridgehead atoms. The van der Waals surface area contributed by atoms with Gasteiger partial charge < -0.3 is 9.84 Å². The molecule has 0 heterocycles. The Balaban J connectivity index is 1.96. The first kappa shape index (κ1) is 20.2. The molecule has 0 saturated carbocycles. The number of carbonyl (C=O) groups is 2. The molecule has 0 atom stereocenters. The molecule has 0 radical (unpaired) electrons. The summed E-state index contributed by atoms with van der Waals surface area (Å²) in [6.07, 6.45) is 0. The van der Waals surface area contributed by atoms with Gasteiger partial charge in [-0.25, -0.2) is 8.78 Å². The molecule has 31 heavy (non-hydrogen) atoms. The van der Waals surface area contributed by atoms with Crippen LogP contribution in [0.1, 0.15) is 31.8 Å². The van der Waals surface area contributed by atoms with Gasteiger partial charge in [-0.2, -0.15) is 0 Å². The Morgan fingerprint density at radius 3 is 1.61 bits per heavy atom. The van der Waals surface area contributed by atoms with Gasteiger partial charge in [-0.15, -0.1) is 0 Å². The van der Waals surface area contributed by atoms with E-state index in [0.717, 1.165) is 0 Å². The molecule has 4 rings (SSSR count). The number of hydrogen-bond acceptors (Lipinski definition) is 4. The predicted molar refractivity (Wildman–Crippen MR) is 112 cm³/mol. The average molecular weight is 418 g/mol. The van der Waals surface area contributed by atoms with Gasteiger partial charge in [-0.05, 0) is 72.8 Å². The van der Waals surface area contributed by atoms with Crippen molar-refractivity contribution in [2.75, 3.05) is 7.11 Å². The van der Waals surface area contributed by atoms with Crippen LogP contribution in [0.2, 0.25) is 0 Å². The van der Waals surface area contributed by atoms with Crippen molar-refractivity contribution < 1.29 is 28.2 Å². The van der Waals surface area contributed by atoms with Gasteiger partial charge >= 0.3 is 0 Å². The van der Waals surface area contributed by atoms with Crippen LogP contribution in [0.3, 0.4) is 0 Å². The number of hydrogen-bond donors (Lipinski definition) is 1. The second-order valence-corrected chi connectivity index (χ2v) is 6.87. The zero-order valence-corrected chi connectivity index (χ0v) is 16.4. The lowest BCUT2D eigenvalue weighted by molar-refractivity contribution is 0.103. The van der Waals surface area contributed by atoms with Gasteiger partial charge in [0.2, 0.25) is 0 Å². The Hall–Kier alpha value is -4.06. The van der Waals surface area contributed by atoms with Crippen LogP contribution in [0.25, 0.3) is 10.8 Å². The van der Waals surface area contributed by atoms with Gasteiger partial charge in [0, 0.05) is 33.0 Å². The van der Waals surface area contributed by atoms with Gasteiger partial charge in [-0.1, -0.05) is 0 Å². The zero-order chi connectivity index (χ0) is 22.1. The molecule has 0 spiro atoms. The summed E-state index contributed by atoms with van der Waals surface area (Å²) in [6.45, 7) is 0. The second kappa shape index (κ2) is 7.99. The number of ether oxygens (including phenoxy) is 1. The molecule has 0 aliphatic rings. The molecule has 0 fully saturated rings. The van der Waals surface area contributed by atoms with Crippen LogP contribution >= 0.6 is 0 Å². The lowest BCUT2D eigenvalue weighted by Gasteiger charge is -2.15. The molecule has 0 amide bonds. The Labute approximate surface area is 176 Å². The molecule has 1 N–H and O–H groups in total. The number of halogens is 2. The third-order valence-corrected chi connectivity index (χ3v) is 5.02. The van der Waals surface area contributed by atoms with Crippen LogP contribution in [-0.2, 0) is 0 Å². The van der Waals surface area contributed by atoms with Gasteiger partial charge in [0.1, 0.15) is 23.1 Å². The number of phenols is 1. The number of phenolic OH excluding ortho intramolecular Hbond substituents is 1. The summed E-state index contributed by atoms with van der Waals surface area (Å²) in [5.41, 5.74) is 0.784. The van der Waals surface area contributed by atoms with Crippen LogP contribution in [-0.4, -0.2) is 23.8 Å². The summed E-state index contributed by atoms with van der Waals surface area (Å²) in [5.74, 6) is -1.76. The van der Waals surface area contributed by atoms with E-state index in [2.05, 4.69) is 0 Å². The van der Waals surface area contributed by atoms with E-state index < -0.39 is 23.2 Å². The van der Waals surface area contributed by atoms with Gasteiger partial charge in [0.15, 0.2) is 11.6 Å². The average Bonchev–Trinajstić information content (AvgIpc) is 2.79. The molecule has 4 nitrogen and oxygen atoms in total. The fraction of sp³-hybridized carbons (Fsp3) is 0.0400. The van der Waals surface area contributed by atoms with E-state index in [0.29, 0.717) is 0 Å². The van der Waals surface area contributed by atoms with E-state index in [-0.39, 0.29) is 44.5 Å². The number of carbonyl (C=O) groups excluding carboxylic acids is 2. The van der Waals surface area contributed by atoms with Crippen molar-refractivity contribution in [2.45, 2.75) is 0 Å². The standard InChI is InChI=1S/C25H16F2O4/c1-31-21-13-11-18(24(29)14-2-6-16(26)7-3-14)22-20(28)12-10-19(23(21)22)25(30)15-4-8-17(27)9-5-15/h2-13,28H,1H3. The fourth-order valence-electron chi connectivity index (χ4n) is 3.51. The minimum absolute atomic E-state index is 0.133. The molecule has 0 aliphatic heterocycles.